The molecule has 1 amide bonds. The molecule has 7 nitrogen and oxygen atoms in total. The number of nitrogens with zero attached hydrogens (tertiary/aromatic N) is 1. The van der Waals surface area contributed by atoms with Crippen molar-refractivity contribution in [3.8, 4) is 0 Å². The molecule has 4 aromatic carbocycles. The van der Waals surface area contributed by atoms with Gasteiger partial charge in [-0.05, 0) is 79.4 Å². The molecule has 0 bridgehead atoms. The number of carbonyl (C=O) groups excluding carboxylic acids is 3. The Morgan fingerprint density at radius 1 is 0.837 bits per heavy atom. The van der Waals surface area contributed by atoms with Crippen molar-refractivity contribution in [1.82, 2.24) is 5.32 Å². The summed E-state index contributed by atoms with van der Waals surface area (Å²) < 4.78 is 57.3. The fraction of sp³-hybridized carbons (Fsp3) is 0.289. The average Bonchev–Trinajstić information content (AvgIpc) is 3.11. The Balaban J connectivity index is 0.00000132. The van der Waals surface area contributed by atoms with Crippen molar-refractivity contribution in [2.75, 3.05) is 23.3 Å². The van der Waals surface area contributed by atoms with Crippen LogP contribution in [0.1, 0.15) is 49.8 Å². The van der Waals surface area contributed by atoms with Crippen molar-refractivity contribution in [2.24, 2.45) is 5.73 Å². The highest BCUT2D eigenvalue weighted by Gasteiger charge is 2.31. The number of rotatable bonds is 9. The lowest BCUT2D eigenvalue weighted by Crippen LogP contribution is -2.56. The fourth-order valence-corrected chi connectivity index (χ4v) is 5.96. The molecule has 49 heavy (non-hydrogen) atoms. The molecule has 1 saturated heterocycles. The number of halogens is 4. The monoisotopic (exact) mass is 680 g/mol. The lowest BCUT2D eigenvalue weighted by Gasteiger charge is -2.43. The smallest absolute Gasteiger partial charge is 0.242 e. The van der Waals surface area contributed by atoms with Gasteiger partial charge in [0.05, 0.1) is 6.04 Å². The van der Waals surface area contributed by atoms with E-state index in [9.17, 15) is 18.0 Å². The highest BCUT2D eigenvalue weighted by Crippen LogP contribution is 2.31. The molecule has 1 aliphatic rings. The van der Waals surface area contributed by atoms with E-state index in [1.807, 2.05) is 45.6 Å². The standard InChI is InChI=1S/C34H34F4N4O.C2H6.2CH2O/c1-21-19-40-20-28(42(21)27-6-3-2-4-7-27)14-15-29-30(38)8-5-9-31(29)41-34(43)33(39)32(22-10-12-24(35)13-11-22)23-16-25(36)18-26(37)17-23;3*1-2/h2-13,16-18,21,28,32-33,40H,14-15,19-20,39H2,1H3,(H,41,43);1-2H3;2*1H2/t21-,28-,32-,33-;;;/m0.../s1. The summed E-state index contributed by atoms with van der Waals surface area (Å²) in [5.74, 6) is -4.32. The molecule has 0 aliphatic carbocycles. The molecule has 1 aliphatic heterocycles. The summed E-state index contributed by atoms with van der Waals surface area (Å²) in [6.45, 7) is 11.7. The average molecular weight is 681 g/mol. The number of amides is 1. The summed E-state index contributed by atoms with van der Waals surface area (Å²) in [5.41, 5.74) is 8.64. The van der Waals surface area contributed by atoms with E-state index in [1.165, 1.54) is 36.4 Å². The minimum Gasteiger partial charge on any atom is -0.363 e. The number of hydrogen-bond acceptors (Lipinski definition) is 6. The van der Waals surface area contributed by atoms with Crippen molar-refractivity contribution < 1.29 is 31.9 Å². The maximum Gasteiger partial charge on any atom is 0.242 e. The summed E-state index contributed by atoms with van der Waals surface area (Å²) in [7, 11) is 0. The molecule has 1 heterocycles. The predicted molar refractivity (Wildman–Crippen MR) is 187 cm³/mol. The van der Waals surface area contributed by atoms with Crippen LogP contribution in [-0.2, 0) is 20.8 Å². The van der Waals surface area contributed by atoms with Gasteiger partial charge in [-0.3, -0.25) is 4.79 Å². The van der Waals surface area contributed by atoms with Gasteiger partial charge < -0.3 is 30.9 Å². The molecule has 0 saturated carbocycles. The molecule has 0 aromatic heterocycles. The van der Waals surface area contributed by atoms with Crippen LogP contribution in [0, 0.1) is 23.3 Å². The second-order valence-corrected chi connectivity index (χ2v) is 11.0. The minimum atomic E-state index is -1.33. The number of hydrogen-bond donors (Lipinski definition) is 3. The third kappa shape index (κ3) is 10.8. The molecule has 1 fully saturated rings. The molecular weight excluding hydrogens is 636 g/mol. The van der Waals surface area contributed by atoms with Crippen LogP contribution in [0.4, 0.5) is 28.9 Å². The maximum atomic E-state index is 15.2. The van der Waals surface area contributed by atoms with Gasteiger partial charge in [0.1, 0.15) is 36.8 Å². The summed E-state index contributed by atoms with van der Waals surface area (Å²) in [4.78, 5) is 31.9. The Bertz CT molecular complexity index is 1570. The molecule has 4 N–H and O–H groups in total. The lowest BCUT2D eigenvalue weighted by atomic mass is 9.84. The Hall–Kier alpha value is -4.87. The van der Waals surface area contributed by atoms with Crippen LogP contribution < -0.4 is 21.3 Å². The van der Waals surface area contributed by atoms with Crippen LogP contribution >= 0.6 is 0 Å². The molecule has 262 valence electrons. The largest absolute Gasteiger partial charge is 0.363 e. The zero-order valence-electron chi connectivity index (χ0n) is 28.0. The van der Waals surface area contributed by atoms with Gasteiger partial charge >= 0.3 is 0 Å². The van der Waals surface area contributed by atoms with Gasteiger partial charge in [0.25, 0.3) is 0 Å². The molecule has 0 radical (unpaired) electrons. The molecule has 4 aromatic rings. The minimum absolute atomic E-state index is 0.0855. The first kappa shape index (κ1) is 40.3. The van der Waals surface area contributed by atoms with Gasteiger partial charge in [-0.2, -0.15) is 0 Å². The number of nitrogens with two attached hydrogens (primary N) is 1. The van der Waals surface area contributed by atoms with E-state index in [0.29, 0.717) is 24.0 Å². The Kier molecular flexibility index (Phi) is 16.9. The van der Waals surface area contributed by atoms with Crippen molar-refractivity contribution in [2.45, 2.75) is 57.7 Å². The SMILES string of the molecule is C=O.C=O.CC.C[C@H]1CNC[C@H](CCc2c(F)cccc2NC(=O)[C@@H](N)[C@@H](c2ccc(F)cc2)c2cc(F)cc(F)c2)N1c1ccccc1. The Labute approximate surface area is 285 Å². The van der Waals surface area contributed by atoms with Gasteiger partial charge in [-0.1, -0.05) is 50.2 Å². The Morgan fingerprint density at radius 3 is 2.06 bits per heavy atom. The first-order valence-electron chi connectivity index (χ1n) is 15.9. The summed E-state index contributed by atoms with van der Waals surface area (Å²) in [5, 5.41) is 6.21. The van der Waals surface area contributed by atoms with Gasteiger partial charge in [-0.25, -0.2) is 17.6 Å². The number of piperazine rings is 1. The van der Waals surface area contributed by atoms with E-state index in [4.69, 9.17) is 15.3 Å². The van der Waals surface area contributed by atoms with E-state index in [1.54, 1.807) is 6.07 Å². The van der Waals surface area contributed by atoms with E-state index in [2.05, 4.69) is 34.6 Å². The third-order valence-electron chi connectivity index (χ3n) is 7.98. The summed E-state index contributed by atoms with van der Waals surface area (Å²) in [6, 6.07) is 21.6. The zero-order valence-corrected chi connectivity index (χ0v) is 28.0. The molecule has 0 unspecified atom stereocenters. The lowest BCUT2D eigenvalue weighted by molar-refractivity contribution is -0.117. The van der Waals surface area contributed by atoms with Gasteiger partial charge in [0.15, 0.2) is 0 Å². The second-order valence-electron chi connectivity index (χ2n) is 11.0. The van der Waals surface area contributed by atoms with E-state index in [0.717, 1.165) is 37.0 Å². The summed E-state index contributed by atoms with van der Waals surface area (Å²) >= 11 is 0. The van der Waals surface area contributed by atoms with E-state index in [-0.39, 0.29) is 23.3 Å². The van der Waals surface area contributed by atoms with Crippen LogP contribution in [0.3, 0.4) is 0 Å². The number of anilines is 2. The Morgan fingerprint density at radius 2 is 1.45 bits per heavy atom. The highest BCUT2D eigenvalue weighted by molar-refractivity contribution is 5.96. The molecule has 5 rings (SSSR count). The number of para-hydroxylation sites is 1. The van der Waals surface area contributed by atoms with Gasteiger partial charge in [0, 0.05) is 54.1 Å². The van der Waals surface area contributed by atoms with Crippen LogP contribution in [0.2, 0.25) is 0 Å². The highest BCUT2D eigenvalue weighted by atomic mass is 19.1. The van der Waals surface area contributed by atoms with Crippen LogP contribution in [0.5, 0.6) is 0 Å². The quantitative estimate of drug-likeness (QED) is 0.168. The zero-order chi connectivity index (χ0) is 36.5. The van der Waals surface area contributed by atoms with Gasteiger partial charge in [-0.15, -0.1) is 0 Å². The molecular formula is C38H44F4N4O3. The molecule has 0 spiro atoms. The topological polar surface area (TPSA) is 105 Å². The predicted octanol–water partition coefficient (Wildman–Crippen LogP) is 6.80. The first-order valence-corrected chi connectivity index (χ1v) is 15.9. The number of carbonyl (C=O) groups is 3. The van der Waals surface area contributed by atoms with Crippen LogP contribution in [0.15, 0.2) is 91.0 Å². The molecule has 11 heteroatoms. The normalized spacial score (nSPS) is 16.3. The van der Waals surface area contributed by atoms with Crippen LogP contribution in [0.25, 0.3) is 0 Å². The van der Waals surface area contributed by atoms with Crippen molar-refractivity contribution in [3.05, 3.63) is 131 Å². The van der Waals surface area contributed by atoms with Gasteiger partial charge in [0.2, 0.25) is 5.91 Å². The third-order valence-corrected chi connectivity index (χ3v) is 7.98. The number of nitrogens with one attached hydrogen (secondary N) is 2. The molecule has 4 atom stereocenters. The van der Waals surface area contributed by atoms with E-state index >= 15 is 4.39 Å². The maximum absolute atomic E-state index is 15.2. The van der Waals surface area contributed by atoms with E-state index < -0.39 is 41.1 Å². The number of benzene rings is 4. The fourth-order valence-electron chi connectivity index (χ4n) is 5.96. The van der Waals surface area contributed by atoms with Crippen molar-refractivity contribution in [3.63, 3.8) is 0 Å². The van der Waals surface area contributed by atoms with Crippen molar-refractivity contribution >= 4 is 30.9 Å². The van der Waals surface area contributed by atoms with Crippen molar-refractivity contribution in [1.29, 1.82) is 0 Å². The second kappa shape index (κ2) is 20.5. The van der Waals surface area contributed by atoms with Crippen LogP contribution in [-0.4, -0.2) is 50.7 Å². The first-order chi connectivity index (χ1) is 23.7. The summed E-state index contributed by atoms with van der Waals surface area (Å²) in [6.07, 6.45) is 0.958.